The summed E-state index contributed by atoms with van der Waals surface area (Å²) < 4.78 is 5.43. The van der Waals surface area contributed by atoms with E-state index >= 15 is 0 Å². The topological polar surface area (TPSA) is 21.3 Å². The van der Waals surface area contributed by atoms with Crippen LogP contribution in [0.25, 0.3) is 0 Å². The Morgan fingerprint density at radius 2 is 1.67 bits per heavy atom. The Labute approximate surface area is 139 Å². The van der Waals surface area contributed by atoms with Crippen molar-refractivity contribution in [3.8, 4) is 5.75 Å². The standard InChI is InChI=1S/C16H14Cl3NO/c1-2-7-21-13-5-3-11(4-6-13)10-20-16-14(18)8-12(17)9-15(16)19/h2-6,8-9,20H,1,7,10H2. The average molecular weight is 343 g/mol. The molecular weight excluding hydrogens is 329 g/mol. The smallest absolute Gasteiger partial charge is 0.119 e. The minimum atomic E-state index is 0.494. The molecule has 0 bridgehead atoms. The highest BCUT2D eigenvalue weighted by atomic mass is 35.5. The van der Waals surface area contributed by atoms with Crippen LogP contribution in [0.5, 0.6) is 5.75 Å². The summed E-state index contributed by atoms with van der Waals surface area (Å²) in [6.07, 6.45) is 1.71. The molecule has 0 atom stereocenters. The SMILES string of the molecule is C=CCOc1ccc(CNc2c(Cl)cc(Cl)cc2Cl)cc1. The van der Waals surface area contributed by atoms with Gasteiger partial charge in [0.2, 0.25) is 0 Å². The molecule has 0 spiro atoms. The molecule has 0 aromatic heterocycles. The molecule has 2 aromatic rings. The summed E-state index contributed by atoms with van der Waals surface area (Å²) in [5.74, 6) is 0.807. The Balaban J connectivity index is 2.01. The zero-order valence-corrected chi connectivity index (χ0v) is 13.5. The highest BCUT2D eigenvalue weighted by Gasteiger charge is 2.07. The number of hydrogen-bond acceptors (Lipinski definition) is 2. The quantitative estimate of drug-likeness (QED) is 0.667. The summed E-state index contributed by atoms with van der Waals surface area (Å²) in [6, 6.07) is 11.1. The van der Waals surface area contributed by atoms with Gasteiger partial charge in [0.1, 0.15) is 12.4 Å². The van der Waals surface area contributed by atoms with Gasteiger partial charge in [0, 0.05) is 11.6 Å². The van der Waals surface area contributed by atoms with Gasteiger partial charge in [-0.1, -0.05) is 59.6 Å². The van der Waals surface area contributed by atoms with Crippen molar-refractivity contribution in [1.29, 1.82) is 0 Å². The fourth-order valence-electron chi connectivity index (χ4n) is 1.76. The van der Waals surface area contributed by atoms with Crippen LogP contribution in [0.15, 0.2) is 49.1 Å². The van der Waals surface area contributed by atoms with Gasteiger partial charge in [0.15, 0.2) is 0 Å². The maximum atomic E-state index is 6.12. The van der Waals surface area contributed by atoms with Gasteiger partial charge in [-0.2, -0.15) is 0 Å². The second-order valence-corrected chi connectivity index (χ2v) is 5.59. The first-order valence-corrected chi connectivity index (χ1v) is 7.44. The molecule has 0 radical (unpaired) electrons. The lowest BCUT2D eigenvalue weighted by Crippen LogP contribution is -2.01. The second kappa shape index (κ2) is 7.60. The van der Waals surface area contributed by atoms with E-state index in [2.05, 4.69) is 11.9 Å². The van der Waals surface area contributed by atoms with Crippen LogP contribution >= 0.6 is 34.8 Å². The lowest BCUT2D eigenvalue weighted by atomic mass is 10.2. The summed E-state index contributed by atoms with van der Waals surface area (Å²) in [7, 11) is 0. The van der Waals surface area contributed by atoms with Gasteiger partial charge in [-0.15, -0.1) is 0 Å². The molecule has 1 N–H and O–H groups in total. The van der Waals surface area contributed by atoms with Crippen LogP contribution in [0.4, 0.5) is 5.69 Å². The first-order chi connectivity index (χ1) is 10.1. The van der Waals surface area contributed by atoms with Gasteiger partial charge in [0.05, 0.1) is 15.7 Å². The van der Waals surface area contributed by atoms with Crippen LogP contribution in [0.1, 0.15) is 5.56 Å². The number of benzene rings is 2. The number of rotatable bonds is 6. The molecule has 0 fully saturated rings. The third-order valence-corrected chi connectivity index (χ3v) is 3.58. The molecule has 0 saturated heterocycles. The number of hydrogen-bond donors (Lipinski definition) is 1. The van der Waals surface area contributed by atoms with Crippen LogP contribution in [0.3, 0.4) is 0 Å². The van der Waals surface area contributed by atoms with E-state index in [0.29, 0.717) is 33.9 Å². The summed E-state index contributed by atoms with van der Waals surface area (Å²) in [5.41, 5.74) is 1.76. The van der Waals surface area contributed by atoms with Crippen molar-refractivity contribution in [3.05, 3.63) is 69.7 Å². The molecule has 2 aromatic carbocycles. The predicted molar refractivity (Wildman–Crippen MR) is 90.9 cm³/mol. The van der Waals surface area contributed by atoms with E-state index < -0.39 is 0 Å². The largest absolute Gasteiger partial charge is 0.490 e. The molecule has 2 nitrogen and oxygen atoms in total. The molecule has 5 heteroatoms. The number of ether oxygens (including phenoxy) is 1. The third-order valence-electron chi connectivity index (χ3n) is 2.77. The fourth-order valence-corrected chi connectivity index (χ4v) is 2.71. The van der Waals surface area contributed by atoms with Crippen LogP contribution in [0, 0.1) is 0 Å². The van der Waals surface area contributed by atoms with Gasteiger partial charge in [-0.25, -0.2) is 0 Å². The summed E-state index contributed by atoms with van der Waals surface area (Å²) in [4.78, 5) is 0. The minimum Gasteiger partial charge on any atom is -0.490 e. The molecule has 110 valence electrons. The zero-order chi connectivity index (χ0) is 15.2. The maximum absolute atomic E-state index is 6.12. The Morgan fingerprint density at radius 3 is 2.24 bits per heavy atom. The highest BCUT2D eigenvalue weighted by Crippen LogP contribution is 2.33. The lowest BCUT2D eigenvalue weighted by molar-refractivity contribution is 0.363. The van der Waals surface area contributed by atoms with Crippen molar-refractivity contribution in [2.75, 3.05) is 11.9 Å². The molecule has 0 aliphatic rings. The van der Waals surface area contributed by atoms with Crippen molar-refractivity contribution < 1.29 is 4.74 Å². The molecule has 0 saturated carbocycles. The van der Waals surface area contributed by atoms with Crippen molar-refractivity contribution in [2.24, 2.45) is 0 Å². The molecule has 0 amide bonds. The van der Waals surface area contributed by atoms with Crippen molar-refractivity contribution in [1.82, 2.24) is 0 Å². The number of nitrogens with one attached hydrogen (secondary N) is 1. The van der Waals surface area contributed by atoms with E-state index in [1.807, 2.05) is 24.3 Å². The van der Waals surface area contributed by atoms with Crippen LogP contribution < -0.4 is 10.1 Å². The van der Waals surface area contributed by atoms with Crippen molar-refractivity contribution >= 4 is 40.5 Å². The van der Waals surface area contributed by atoms with E-state index in [4.69, 9.17) is 39.5 Å². The van der Waals surface area contributed by atoms with E-state index in [1.54, 1.807) is 18.2 Å². The first kappa shape index (κ1) is 16.0. The predicted octanol–water partition coefficient (Wildman–Crippen LogP) is 5.82. The summed E-state index contributed by atoms with van der Waals surface area (Å²) in [5, 5.41) is 4.72. The van der Waals surface area contributed by atoms with Crippen LogP contribution in [-0.2, 0) is 6.54 Å². The average Bonchev–Trinajstić information content (AvgIpc) is 2.45. The van der Waals surface area contributed by atoms with E-state index in [9.17, 15) is 0 Å². The molecular formula is C16H14Cl3NO. The summed E-state index contributed by atoms with van der Waals surface area (Å²) >= 11 is 18.1. The normalized spacial score (nSPS) is 10.2. The Bertz CT molecular complexity index is 603. The van der Waals surface area contributed by atoms with Crippen molar-refractivity contribution in [3.63, 3.8) is 0 Å². The Morgan fingerprint density at radius 1 is 1.05 bits per heavy atom. The number of anilines is 1. The van der Waals surface area contributed by atoms with Crippen molar-refractivity contribution in [2.45, 2.75) is 6.54 Å². The third kappa shape index (κ3) is 4.57. The Kier molecular flexibility index (Phi) is 5.80. The number of halogens is 3. The molecule has 0 unspecified atom stereocenters. The first-order valence-electron chi connectivity index (χ1n) is 6.31. The Hall–Kier alpha value is -1.35. The lowest BCUT2D eigenvalue weighted by Gasteiger charge is -2.11. The second-order valence-electron chi connectivity index (χ2n) is 4.34. The van der Waals surface area contributed by atoms with Gasteiger partial charge in [-0.3, -0.25) is 0 Å². The van der Waals surface area contributed by atoms with E-state index in [0.717, 1.165) is 11.3 Å². The molecule has 0 aliphatic carbocycles. The molecule has 21 heavy (non-hydrogen) atoms. The van der Waals surface area contributed by atoms with Gasteiger partial charge >= 0.3 is 0 Å². The zero-order valence-electron chi connectivity index (χ0n) is 11.2. The molecule has 2 rings (SSSR count). The van der Waals surface area contributed by atoms with Gasteiger partial charge in [-0.05, 0) is 29.8 Å². The highest BCUT2D eigenvalue weighted by molar-refractivity contribution is 6.41. The van der Waals surface area contributed by atoms with E-state index in [1.165, 1.54) is 0 Å². The monoisotopic (exact) mass is 341 g/mol. The maximum Gasteiger partial charge on any atom is 0.119 e. The fraction of sp³-hybridized carbons (Fsp3) is 0.125. The van der Waals surface area contributed by atoms with Crippen LogP contribution in [0.2, 0.25) is 15.1 Å². The van der Waals surface area contributed by atoms with Crippen LogP contribution in [-0.4, -0.2) is 6.61 Å². The molecule has 0 heterocycles. The van der Waals surface area contributed by atoms with Gasteiger partial charge < -0.3 is 10.1 Å². The summed E-state index contributed by atoms with van der Waals surface area (Å²) in [6.45, 7) is 4.70. The van der Waals surface area contributed by atoms with E-state index in [-0.39, 0.29) is 0 Å². The van der Waals surface area contributed by atoms with Gasteiger partial charge in [0.25, 0.3) is 0 Å². The molecule has 0 aliphatic heterocycles. The minimum absolute atomic E-state index is 0.494.